The zero-order valence-corrected chi connectivity index (χ0v) is 16.4. The number of hydrogen-bond acceptors (Lipinski definition) is 4. The molecule has 0 bridgehead atoms. The number of carbonyl (C=O) groups is 2. The minimum atomic E-state index is -0.977. The van der Waals surface area contributed by atoms with Crippen molar-refractivity contribution in [1.82, 2.24) is 9.88 Å². The summed E-state index contributed by atoms with van der Waals surface area (Å²) in [5.74, 6) is -0.562. The first-order valence-electron chi connectivity index (χ1n) is 9.52. The molecular weight excluding hydrogens is 380 g/mol. The van der Waals surface area contributed by atoms with Gasteiger partial charge in [-0.15, -0.1) is 0 Å². The van der Waals surface area contributed by atoms with E-state index in [1.54, 1.807) is 54.3 Å². The molecule has 1 N–H and O–H groups in total. The Labute approximate surface area is 173 Å². The van der Waals surface area contributed by atoms with Crippen LogP contribution < -0.4 is 0 Å². The van der Waals surface area contributed by atoms with E-state index in [1.807, 2.05) is 30.3 Å². The number of oxazole rings is 1. The molecule has 0 radical (unpaired) electrons. The first-order valence-corrected chi connectivity index (χ1v) is 9.52. The number of nitrogens with zero attached hydrogens (tertiary/aromatic N) is 2. The first-order chi connectivity index (χ1) is 14.5. The van der Waals surface area contributed by atoms with Crippen LogP contribution >= 0.6 is 0 Å². The van der Waals surface area contributed by atoms with Crippen molar-refractivity contribution in [2.45, 2.75) is 20.0 Å². The van der Waals surface area contributed by atoms with Crippen LogP contribution in [0.4, 0.5) is 0 Å². The molecule has 0 saturated carbocycles. The predicted octanol–water partition coefficient (Wildman–Crippen LogP) is 4.68. The first kappa shape index (κ1) is 19.4. The number of aromatic carboxylic acids is 1. The van der Waals surface area contributed by atoms with E-state index in [1.165, 1.54) is 0 Å². The highest BCUT2D eigenvalue weighted by molar-refractivity contribution is 5.97. The van der Waals surface area contributed by atoms with Gasteiger partial charge in [-0.3, -0.25) is 4.79 Å². The van der Waals surface area contributed by atoms with Gasteiger partial charge in [-0.2, -0.15) is 0 Å². The number of rotatable bonds is 6. The SMILES string of the molecule is Cc1nc2cc(C(=O)N(Cc3ccccc3)Cc3ccc(C(=O)O)cc3)ccc2o1. The Balaban J connectivity index is 1.64. The van der Waals surface area contributed by atoms with Crippen LogP contribution in [0.25, 0.3) is 11.1 Å². The number of carboxylic acid groups (broad SMARTS) is 1. The average molecular weight is 400 g/mol. The van der Waals surface area contributed by atoms with Crippen LogP contribution in [0.2, 0.25) is 0 Å². The third-order valence-electron chi connectivity index (χ3n) is 4.82. The molecule has 1 aromatic heterocycles. The Morgan fingerprint density at radius 1 is 0.900 bits per heavy atom. The summed E-state index contributed by atoms with van der Waals surface area (Å²) >= 11 is 0. The Kier molecular flexibility index (Phi) is 5.30. The number of benzene rings is 3. The zero-order chi connectivity index (χ0) is 21.1. The molecule has 0 aliphatic heterocycles. The van der Waals surface area contributed by atoms with E-state index in [4.69, 9.17) is 9.52 Å². The molecular formula is C24H20N2O4. The predicted molar refractivity (Wildman–Crippen MR) is 112 cm³/mol. The van der Waals surface area contributed by atoms with Crippen LogP contribution in [-0.4, -0.2) is 26.9 Å². The van der Waals surface area contributed by atoms with Crippen molar-refractivity contribution in [2.75, 3.05) is 0 Å². The molecule has 0 unspecified atom stereocenters. The molecule has 3 aromatic carbocycles. The fourth-order valence-electron chi connectivity index (χ4n) is 3.33. The Morgan fingerprint density at radius 2 is 1.53 bits per heavy atom. The fraction of sp³-hybridized carbons (Fsp3) is 0.125. The molecule has 150 valence electrons. The van der Waals surface area contributed by atoms with E-state index in [0.717, 1.165) is 11.1 Å². The highest BCUT2D eigenvalue weighted by atomic mass is 16.4. The van der Waals surface area contributed by atoms with E-state index in [0.29, 0.717) is 35.6 Å². The van der Waals surface area contributed by atoms with Gasteiger partial charge in [0.15, 0.2) is 11.5 Å². The maximum atomic E-state index is 13.4. The van der Waals surface area contributed by atoms with Crippen molar-refractivity contribution < 1.29 is 19.1 Å². The van der Waals surface area contributed by atoms with E-state index in [9.17, 15) is 9.59 Å². The maximum absolute atomic E-state index is 13.4. The maximum Gasteiger partial charge on any atom is 0.335 e. The fourth-order valence-corrected chi connectivity index (χ4v) is 3.33. The van der Waals surface area contributed by atoms with Crippen molar-refractivity contribution >= 4 is 23.0 Å². The van der Waals surface area contributed by atoms with Gasteiger partial charge in [-0.25, -0.2) is 9.78 Å². The summed E-state index contributed by atoms with van der Waals surface area (Å²) in [5, 5.41) is 9.10. The van der Waals surface area contributed by atoms with E-state index in [2.05, 4.69) is 4.98 Å². The summed E-state index contributed by atoms with van der Waals surface area (Å²) in [7, 11) is 0. The molecule has 0 atom stereocenters. The van der Waals surface area contributed by atoms with Crippen molar-refractivity contribution in [3.05, 3.63) is 101 Å². The van der Waals surface area contributed by atoms with Crippen LogP contribution in [0.1, 0.15) is 37.7 Å². The minimum Gasteiger partial charge on any atom is -0.478 e. The third kappa shape index (κ3) is 4.22. The third-order valence-corrected chi connectivity index (χ3v) is 4.82. The number of carboxylic acids is 1. The van der Waals surface area contributed by atoms with Gasteiger partial charge < -0.3 is 14.4 Å². The summed E-state index contributed by atoms with van der Waals surface area (Å²) in [5.41, 5.74) is 3.88. The number of aryl methyl sites for hydroxylation is 1. The quantitative estimate of drug-likeness (QED) is 0.508. The van der Waals surface area contributed by atoms with Crippen LogP contribution in [0.15, 0.2) is 77.2 Å². The van der Waals surface area contributed by atoms with Crippen molar-refractivity contribution in [2.24, 2.45) is 0 Å². The van der Waals surface area contributed by atoms with Gasteiger partial charge in [0, 0.05) is 25.6 Å². The van der Waals surface area contributed by atoms with E-state index in [-0.39, 0.29) is 11.5 Å². The molecule has 0 aliphatic rings. The lowest BCUT2D eigenvalue weighted by atomic mass is 10.1. The summed E-state index contributed by atoms with van der Waals surface area (Å²) in [6.07, 6.45) is 0. The number of aromatic nitrogens is 1. The normalized spacial score (nSPS) is 10.8. The Morgan fingerprint density at radius 3 is 2.20 bits per heavy atom. The molecule has 0 saturated heterocycles. The minimum absolute atomic E-state index is 0.135. The lowest BCUT2D eigenvalue weighted by Crippen LogP contribution is -2.30. The molecule has 4 aromatic rings. The van der Waals surface area contributed by atoms with Crippen molar-refractivity contribution in [3.8, 4) is 0 Å². The molecule has 6 heteroatoms. The zero-order valence-electron chi connectivity index (χ0n) is 16.4. The van der Waals surface area contributed by atoms with Crippen LogP contribution in [0.5, 0.6) is 0 Å². The van der Waals surface area contributed by atoms with Gasteiger partial charge in [0.1, 0.15) is 5.52 Å². The van der Waals surface area contributed by atoms with Crippen LogP contribution in [-0.2, 0) is 13.1 Å². The molecule has 0 spiro atoms. The highest BCUT2D eigenvalue weighted by Gasteiger charge is 2.18. The number of amides is 1. The largest absolute Gasteiger partial charge is 0.478 e. The molecule has 6 nitrogen and oxygen atoms in total. The van der Waals surface area contributed by atoms with Gasteiger partial charge in [-0.05, 0) is 41.5 Å². The molecule has 4 rings (SSSR count). The summed E-state index contributed by atoms with van der Waals surface area (Å²) < 4.78 is 5.50. The average Bonchev–Trinajstić information content (AvgIpc) is 3.13. The summed E-state index contributed by atoms with van der Waals surface area (Å²) in [4.78, 5) is 30.5. The molecule has 1 heterocycles. The van der Waals surface area contributed by atoms with E-state index < -0.39 is 5.97 Å². The van der Waals surface area contributed by atoms with Crippen molar-refractivity contribution in [3.63, 3.8) is 0 Å². The summed E-state index contributed by atoms with van der Waals surface area (Å²) in [6.45, 7) is 2.55. The second-order valence-electron chi connectivity index (χ2n) is 7.06. The highest BCUT2D eigenvalue weighted by Crippen LogP contribution is 2.20. The van der Waals surface area contributed by atoms with E-state index >= 15 is 0 Å². The lowest BCUT2D eigenvalue weighted by molar-refractivity contribution is 0.0693. The van der Waals surface area contributed by atoms with Crippen molar-refractivity contribution in [1.29, 1.82) is 0 Å². The number of carbonyl (C=O) groups excluding carboxylic acids is 1. The van der Waals surface area contributed by atoms with Crippen LogP contribution in [0.3, 0.4) is 0 Å². The van der Waals surface area contributed by atoms with Gasteiger partial charge in [-0.1, -0.05) is 42.5 Å². The second kappa shape index (κ2) is 8.21. The lowest BCUT2D eigenvalue weighted by Gasteiger charge is -2.23. The van der Waals surface area contributed by atoms with Gasteiger partial charge in [0.25, 0.3) is 5.91 Å². The van der Waals surface area contributed by atoms with Crippen LogP contribution in [0, 0.1) is 6.92 Å². The Bertz CT molecular complexity index is 1200. The topological polar surface area (TPSA) is 83.6 Å². The van der Waals surface area contributed by atoms with Gasteiger partial charge in [0.05, 0.1) is 5.56 Å². The molecule has 30 heavy (non-hydrogen) atoms. The monoisotopic (exact) mass is 400 g/mol. The molecule has 0 fully saturated rings. The smallest absolute Gasteiger partial charge is 0.335 e. The van der Waals surface area contributed by atoms with Gasteiger partial charge >= 0.3 is 5.97 Å². The summed E-state index contributed by atoms with van der Waals surface area (Å²) in [6, 6.07) is 21.5. The number of hydrogen-bond donors (Lipinski definition) is 1. The Hall–Kier alpha value is -3.93. The standard InChI is InChI=1S/C24H20N2O4/c1-16-25-21-13-20(11-12-22(21)30-16)23(27)26(14-17-5-3-2-4-6-17)15-18-7-9-19(10-8-18)24(28)29/h2-13H,14-15H2,1H3,(H,28,29). The second-order valence-corrected chi connectivity index (χ2v) is 7.06. The number of fused-ring (bicyclic) bond motifs is 1. The molecule has 0 aliphatic carbocycles. The molecule has 1 amide bonds. The van der Waals surface area contributed by atoms with Gasteiger partial charge in [0.2, 0.25) is 0 Å².